The zero-order chi connectivity index (χ0) is 17.3. The number of halogens is 1. The van der Waals surface area contributed by atoms with Gasteiger partial charge in [-0.1, -0.05) is 11.6 Å². The zero-order valence-electron chi connectivity index (χ0n) is 14.0. The first-order valence-corrected chi connectivity index (χ1v) is 8.27. The number of nitrogens with zero attached hydrogens (tertiary/aromatic N) is 3. The minimum atomic E-state index is -0.233. The molecule has 1 amide bonds. The van der Waals surface area contributed by atoms with Crippen LogP contribution < -0.4 is 15.0 Å². The lowest BCUT2D eigenvalue weighted by Gasteiger charge is -2.21. The fourth-order valence-corrected chi connectivity index (χ4v) is 3.25. The van der Waals surface area contributed by atoms with E-state index in [0.29, 0.717) is 11.6 Å². The summed E-state index contributed by atoms with van der Waals surface area (Å²) in [7, 11) is 3.47. The van der Waals surface area contributed by atoms with Crippen molar-refractivity contribution in [2.75, 3.05) is 18.6 Å². The van der Waals surface area contributed by atoms with Gasteiger partial charge in [0.25, 0.3) is 0 Å². The highest BCUT2D eigenvalue weighted by atomic mass is 35.5. The van der Waals surface area contributed by atoms with Crippen molar-refractivity contribution < 1.29 is 9.53 Å². The lowest BCUT2D eigenvalue weighted by Crippen LogP contribution is -2.39. The molecule has 1 aliphatic rings. The molecular weight excluding hydrogens is 328 g/mol. The second kappa shape index (κ2) is 6.83. The summed E-state index contributed by atoms with van der Waals surface area (Å²) < 4.78 is 7.10. The van der Waals surface area contributed by atoms with Gasteiger partial charge in [0, 0.05) is 36.4 Å². The maximum atomic E-state index is 12.7. The van der Waals surface area contributed by atoms with Crippen LogP contribution in [-0.2, 0) is 11.8 Å². The minimum Gasteiger partial charge on any atom is -0.496 e. The van der Waals surface area contributed by atoms with Crippen molar-refractivity contribution >= 4 is 23.2 Å². The van der Waals surface area contributed by atoms with Gasteiger partial charge in [0.15, 0.2) is 0 Å². The number of benzene rings is 1. The summed E-state index contributed by atoms with van der Waals surface area (Å²) in [5, 5.41) is 8.18. The predicted molar refractivity (Wildman–Crippen MR) is 93.5 cm³/mol. The van der Waals surface area contributed by atoms with Crippen molar-refractivity contribution in [3.8, 4) is 5.75 Å². The van der Waals surface area contributed by atoms with Crippen molar-refractivity contribution in [1.29, 1.82) is 0 Å². The van der Waals surface area contributed by atoms with E-state index in [0.717, 1.165) is 23.4 Å². The van der Waals surface area contributed by atoms with Crippen LogP contribution in [0.25, 0.3) is 0 Å². The van der Waals surface area contributed by atoms with Gasteiger partial charge in [-0.05, 0) is 31.5 Å². The second-order valence-electron chi connectivity index (χ2n) is 5.98. The van der Waals surface area contributed by atoms with E-state index in [9.17, 15) is 4.79 Å². The Hall–Kier alpha value is -2.05. The van der Waals surface area contributed by atoms with Gasteiger partial charge in [-0.15, -0.1) is 0 Å². The summed E-state index contributed by atoms with van der Waals surface area (Å²) in [6.07, 6.45) is 4.31. The van der Waals surface area contributed by atoms with E-state index in [4.69, 9.17) is 16.3 Å². The highest BCUT2D eigenvalue weighted by Crippen LogP contribution is 2.30. The molecule has 128 valence electrons. The number of hydrogen-bond donors (Lipinski definition) is 1. The predicted octanol–water partition coefficient (Wildman–Crippen LogP) is 2.54. The van der Waals surface area contributed by atoms with Crippen molar-refractivity contribution in [3.63, 3.8) is 0 Å². The number of methoxy groups -OCH3 is 1. The molecule has 0 bridgehead atoms. The molecule has 2 aromatic rings. The number of anilines is 1. The highest BCUT2D eigenvalue weighted by Gasteiger charge is 2.34. The third-order valence-electron chi connectivity index (χ3n) is 4.32. The number of ether oxygens (including phenoxy) is 1. The maximum absolute atomic E-state index is 12.7. The van der Waals surface area contributed by atoms with Crippen molar-refractivity contribution in [3.05, 3.63) is 41.2 Å². The summed E-state index contributed by atoms with van der Waals surface area (Å²) in [5.41, 5.74) is 1.78. The summed E-state index contributed by atoms with van der Waals surface area (Å²) in [5.74, 6) is 0.824. The van der Waals surface area contributed by atoms with Gasteiger partial charge in [-0.3, -0.25) is 14.8 Å². The summed E-state index contributed by atoms with van der Waals surface area (Å²) in [6, 6.07) is 5.22. The Kier molecular flexibility index (Phi) is 4.78. The smallest absolute Gasteiger partial charge is 0.244 e. The number of rotatable bonds is 5. The van der Waals surface area contributed by atoms with Crippen LogP contribution in [0.3, 0.4) is 0 Å². The van der Waals surface area contributed by atoms with Gasteiger partial charge in [0.1, 0.15) is 5.75 Å². The average molecular weight is 349 g/mol. The number of hydrogen-bond acceptors (Lipinski definition) is 4. The number of aromatic nitrogens is 2. The first kappa shape index (κ1) is 16.8. The molecule has 0 spiro atoms. The SMILES string of the molecule is COc1ccc(Cl)cc1[C@@H](C)N[C@H]1CCN(c2cnn(C)c2)C1=O. The molecule has 0 unspecified atom stereocenters. The molecule has 1 saturated heterocycles. The van der Waals surface area contributed by atoms with Crippen LogP contribution in [-0.4, -0.2) is 35.4 Å². The van der Waals surface area contributed by atoms with E-state index < -0.39 is 0 Å². The van der Waals surface area contributed by atoms with Crippen LogP contribution in [0.5, 0.6) is 5.75 Å². The first-order chi connectivity index (χ1) is 11.5. The fourth-order valence-electron chi connectivity index (χ4n) is 3.07. The molecule has 3 rings (SSSR count). The van der Waals surface area contributed by atoms with Crippen LogP contribution in [0.4, 0.5) is 5.69 Å². The van der Waals surface area contributed by atoms with Crippen LogP contribution in [0.1, 0.15) is 24.9 Å². The van der Waals surface area contributed by atoms with Crippen molar-refractivity contribution in [2.45, 2.75) is 25.4 Å². The molecule has 0 saturated carbocycles. The molecule has 0 aliphatic carbocycles. The van der Waals surface area contributed by atoms with E-state index in [1.165, 1.54) is 0 Å². The Bertz CT molecular complexity index is 746. The molecule has 1 aromatic carbocycles. The van der Waals surface area contributed by atoms with Crippen molar-refractivity contribution in [2.24, 2.45) is 7.05 Å². The van der Waals surface area contributed by atoms with Gasteiger partial charge in [0.2, 0.25) is 5.91 Å². The number of nitrogens with one attached hydrogen (secondary N) is 1. The average Bonchev–Trinajstić information content (AvgIpc) is 3.14. The molecule has 2 atom stereocenters. The highest BCUT2D eigenvalue weighted by molar-refractivity contribution is 6.30. The lowest BCUT2D eigenvalue weighted by molar-refractivity contribution is -0.119. The normalized spacial score (nSPS) is 18.9. The Balaban J connectivity index is 1.72. The molecule has 0 radical (unpaired) electrons. The molecular formula is C17H21ClN4O2. The van der Waals surface area contributed by atoms with Crippen molar-refractivity contribution in [1.82, 2.24) is 15.1 Å². The largest absolute Gasteiger partial charge is 0.496 e. The molecule has 1 aliphatic heterocycles. The van der Waals surface area contributed by atoms with Gasteiger partial charge < -0.3 is 9.64 Å². The number of amides is 1. The van der Waals surface area contributed by atoms with Crippen LogP contribution in [0, 0.1) is 0 Å². The van der Waals surface area contributed by atoms with E-state index in [1.54, 1.807) is 29.0 Å². The molecule has 7 heteroatoms. The second-order valence-corrected chi connectivity index (χ2v) is 6.41. The molecule has 2 heterocycles. The van der Waals surface area contributed by atoms with E-state index in [2.05, 4.69) is 10.4 Å². The Morgan fingerprint density at radius 1 is 1.46 bits per heavy atom. The first-order valence-electron chi connectivity index (χ1n) is 7.89. The lowest BCUT2D eigenvalue weighted by atomic mass is 10.1. The summed E-state index contributed by atoms with van der Waals surface area (Å²) >= 11 is 6.10. The van der Waals surface area contributed by atoms with Crippen LogP contribution in [0.2, 0.25) is 5.02 Å². The minimum absolute atomic E-state index is 0.0542. The summed E-state index contributed by atoms with van der Waals surface area (Å²) in [6.45, 7) is 2.69. The molecule has 6 nitrogen and oxygen atoms in total. The fraction of sp³-hybridized carbons (Fsp3) is 0.412. The Morgan fingerprint density at radius 3 is 2.92 bits per heavy atom. The standard InChI is InChI=1S/C17H21ClN4O2/c1-11(14-8-12(18)4-5-16(14)24-3)20-15-6-7-22(17(15)23)13-9-19-21(2)10-13/h4-5,8-11,15,20H,6-7H2,1-3H3/t11-,15+/m1/s1. The number of carbonyl (C=O) groups excluding carboxylic acids is 1. The Labute approximate surface area is 146 Å². The third kappa shape index (κ3) is 3.25. The third-order valence-corrected chi connectivity index (χ3v) is 4.55. The zero-order valence-corrected chi connectivity index (χ0v) is 14.7. The van der Waals surface area contributed by atoms with Crippen LogP contribution >= 0.6 is 11.6 Å². The van der Waals surface area contributed by atoms with E-state index in [1.807, 2.05) is 32.3 Å². The molecule has 1 N–H and O–H groups in total. The molecule has 1 fully saturated rings. The topological polar surface area (TPSA) is 59.4 Å². The van der Waals surface area contributed by atoms with E-state index >= 15 is 0 Å². The van der Waals surface area contributed by atoms with Gasteiger partial charge in [-0.25, -0.2) is 0 Å². The van der Waals surface area contributed by atoms with Gasteiger partial charge in [-0.2, -0.15) is 5.10 Å². The number of aryl methyl sites for hydroxylation is 1. The maximum Gasteiger partial charge on any atom is 0.244 e. The summed E-state index contributed by atoms with van der Waals surface area (Å²) in [4.78, 5) is 14.4. The van der Waals surface area contributed by atoms with Crippen LogP contribution in [0.15, 0.2) is 30.6 Å². The van der Waals surface area contributed by atoms with Gasteiger partial charge >= 0.3 is 0 Å². The van der Waals surface area contributed by atoms with Gasteiger partial charge in [0.05, 0.1) is 25.0 Å². The number of carbonyl (C=O) groups is 1. The monoisotopic (exact) mass is 348 g/mol. The molecule has 24 heavy (non-hydrogen) atoms. The Morgan fingerprint density at radius 2 is 2.25 bits per heavy atom. The van der Waals surface area contributed by atoms with E-state index in [-0.39, 0.29) is 18.0 Å². The quantitative estimate of drug-likeness (QED) is 0.902. The molecule has 1 aromatic heterocycles.